The Kier molecular flexibility index (Phi) is 4.08. The lowest BCUT2D eigenvalue weighted by Gasteiger charge is -2.07. The van der Waals surface area contributed by atoms with E-state index < -0.39 is 0 Å². The average molecular weight is 340 g/mol. The second-order valence-corrected chi connectivity index (χ2v) is 6.38. The molecule has 2 aromatic rings. The molecule has 1 fully saturated rings. The van der Waals surface area contributed by atoms with Gasteiger partial charge in [0.1, 0.15) is 12.1 Å². The Morgan fingerprint density at radius 1 is 1.42 bits per heavy atom. The van der Waals surface area contributed by atoms with Gasteiger partial charge in [-0.3, -0.25) is 0 Å². The topological polar surface area (TPSA) is 39.9 Å². The number of hydrogen-bond donors (Lipinski definition) is 0. The Hall–Kier alpha value is -1.01. The smallest absolute Gasteiger partial charge is 0.191 e. The van der Waals surface area contributed by atoms with Crippen LogP contribution in [-0.2, 0) is 0 Å². The maximum Gasteiger partial charge on any atom is 0.191 e. The Balaban J connectivity index is 1.46. The number of benzene rings is 1. The molecule has 1 aromatic heterocycles. The van der Waals surface area contributed by atoms with Crippen molar-refractivity contribution >= 4 is 27.7 Å². The highest BCUT2D eigenvalue weighted by Crippen LogP contribution is 2.37. The van der Waals surface area contributed by atoms with Gasteiger partial charge in [0.25, 0.3) is 0 Å². The molecule has 4 nitrogen and oxygen atoms in total. The van der Waals surface area contributed by atoms with Crippen LogP contribution in [0.2, 0.25) is 0 Å². The molecule has 1 aliphatic carbocycles. The van der Waals surface area contributed by atoms with Gasteiger partial charge in [-0.25, -0.2) is 0 Å². The van der Waals surface area contributed by atoms with Crippen molar-refractivity contribution in [3.63, 3.8) is 0 Å². The van der Waals surface area contributed by atoms with Crippen molar-refractivity contribution in [3.05, 3.63) is 35.1 Å². The summed E-state index contributed by atoms with van der Waals surface area (Å²) in [5.74, 6) is 1.76. The van der Waals surface area contributed by atoms with Gasteiger partial charge in [-0.1, -0.05) is 33.8 Å². The largest absolute Gasteiger partial charge is 0.493 e. The molecule has 3 rings (SSSR count). The van der Waals surface area contributed by atoms with E-state index in [9.17, 15) is 0 Å². The molecule has 0 aliphatic heterocycles. The van der Waals surface area contributed by atoms with Crippen LogP contribution in [0, 0.1) is 0 Å². The average Bonchev–Trinajstić information content (AvgIpc) is 3.14. The first-order valence-electron chi connectivity index (χ1n) is 6.23. The predicted octanol–water partition coefficient (Wildman–Crippen LogP) is 3.55. The number of rotatable bonds is 6. The Labute approximate surface area is 124 Å². The molecule has 0 bridgehead atoms. The number of aromatic nitrogens is 3. The van der Waals surface area contributed by atoms with E-state index in [-0.39, 0.29) is 0 Å². The van der Waals surface area contributed by atoms with Crippen LogP contribution < -0.4 is 4.74 Å². The summed E-state index contributed by atoms with van der Waals surface area (Å²) in [6.45, 7) is 0.665. The maximum absolute atomic E-state index is 5.69. The van der Waals surface area contributed by atoms with E-state index in [1.54, 1.807) is 11.8 Å². The zero-order valence-electron chi connectivity index (χ0n) is 10.3. The first-order valence-corrected chi connectivity index (χ1v) is 8.01. The summed E-state index contributed by atoms with van der Waals surface area (Å²) in [4.78, 5) is 0. The predicted molar refractivity (Wildman–Crippen MR) is 78.7 cm³/mol. The Bertz CT molecular complexity index is 556. The molecule has 1 aromatic carbocycles. The second-order valence-electron chi connectivity index (χ2n) is 4.41. The van der Waals surface area contributed by atoms with Gasteiger partial charge < -0.3 is 9.30 Å². The fraction of sp³-hybridized carbons (Fsp3) is 0.385. The normalized spacial score (nSPS) is 14.6. The Morgan fingerprint density at radius 2 is 2.32 bits per heavy atom. The highest BCUT2D eigenvalue weighted by Gasteiger charge is 2.26. The van der Waals surface area contributed by atoms with Crippen molar-refractivity contribution in [2.24, 2.45) is 0 Å². The Morgan fingerprint density at radius 3 is 3.11 bits per heavy atom. The van der Waals surface area contributed by atoms with E-state index in [0.29, 0.717) is 12.6 Å². The van der Waals surface area contributed by atoms with Crippen molar-refractivity contribution in [2.45, 2.75) is 24.0 Å². The summed E-state index contributed by atoms with van der Waals surface area (Å²) in [7, 11) is 0. The molecular formula is C13H14BrN3OS. The van der Waals surface area contributed by atoms with Crippen LogP contribution in [-0.4, -0.2) is 27.1 Å². The fourth-order valence-electron chi connectivity index (χ4n) is 1.79. The molecule has 6 heteroatoms. The van der Waals surface area contributed by atoms with Gasteiger partial charge in [-0.05, 0) is 31.0 Å². The highest BCUT2D eigenvalue weighted by atomic mass is 79.9. The second kappa shape index (κ2) is 5.96. The molecule has 0 N–H and O–H groups in total. The van der Waals surface area contributed by atoms with Gasteiger partial charge >= 0.3 is 0 Å². The van der Waals surface area contributed by atoms with E-state index >= 15 is 0 Å². The van der Waals surface area contributed by atoms with Gasteiger partial charge in [0.2, 0.25) is 0 Å². The van der Waals surface area contributed by atoms with Gasteiger partial charge in [-0.2, -0.15) is 0 Å². The first-order chi connectivity index (χ1) is 9.33. The minimum Gasteiger partial charge on any atom is -0.493 e. The third kappa shape index (κ3) is 3.51. The first kappa shape index (κ1) is 13.0. The molecule has 0 radical (unpaired) electrons. The van der Waals surface area contributed by atoms with Gasteiger partial charge in [-0.15, -0.1) is 10.2 Å². The third-order valence-corrected chi connectivity index (χ3v) is 4.27. The number of ether oxygens (including phenoxy) is 1. The molecule has 0 saturated heterocycles. The number of nitrogens with zero attached hydrogens (tertiary/aromatic N) is 3. The fourth-order valence-corrected chi connectivity index (χ4v) is 2.97. The van der Waals surface area contributed by atoms with E-state index in [2.05, 4.69) is 30.7 Å². The van der Waals surface area contributed by atoms with Crippen molar-refractivity contribution in [1.29, 1.82) is 0 Å². The molecule has 0 amide bonds. The number of halogens is 1. The van der Waals surface area contributed by atoms with E-state index in [4.69, 9.17) is 4.74 Å². The molecule has 1 aliphatic rings. The van der Waals surface area contributed by atoms with Crippen LogP contribution in [0.4, 0.5) is 0 Å². The molecule has 0 atom stereocenters. The van der Waals surface area contributed by atoms with Crippen LogP contribution >= 0.6 is 27.7 Å². The van der Waals surface area contributed by atoms with Crippen molar-refractivity contribution < 1.29 is 4.74 Å². The van der Waals surface area contributed by atoms with Crippen LogP contribution in [0.1, 0.15) is 18.9 Å². The van der Waals surface area contributed by atoms with Crippen molar-refractivity contribution in [1.82, 2.24) is 14.8 Å². The van der Waals surface area contributed by atoms with Crippen LogP contribution in [0.15, 0.2) is 40.2 Å². The summed E-state index contributed by atoms with van der Waals surface area (Å²) < 4.78 is 8.90. The van der Waals surface area contributed by atoms with Crippen molar-refractivity contribution in [3.8, 4) is 5.75 Å². The zero-order chi connectivity index (χ0) is 13.1. The van der Waals surface area contributed by atoms with E-state index in [1.807, 2.05) is 30.6 Å². The van der Waals surface area contributed by atoms with Crippen molar-refractivity contribution in [2.75, 3.05) is 12.4 Å². The number of thioether (sulfide) groups is 1. The van der Waals surface area contributed by atoms with Gasteiger partial charge in [0, 0.05) is 16.3 Å². The lowest BCUT2D eigenvalue weighted by Crippen LogP contribution is -2.02. The molecule has 100 valence electrons. The molecular weight excluding hydrogens is 326 g/mol. The summed E-state index contributed by atoms with van der Waals surface area (Å²) in [6.07, 6.45) is 4.33. The summed E-state index contributed by atoms with van der Waals surface area (Å²) >= 11 is 5.13. The third-order valence-electron chi connectivity index (χ3n) is 2.86. The van der Waals surface area contributed by atoms with Crippen LogP contribution in [0.5, 0.6) is 5.75 Å². The molecule has 0 spiro atoms. The highest BCUT2D eigenvalue weighted by molar-refractivity contribution is 9.10. The number of hydrogen-bond acceptors (Lipinski definition) is 4. The zero-order valence-corrected chi connectivity index (χ0v) is 12.7. The molecule has 19 heavy (non-hydrogen) atoms. The van der Waals surface area contributed by atoms with Crippen LogP contribution in [0.25, 0.3) is 0 Å². The summed E-state index contributed by atoms with van der Waals surface area (Å²) in [5, 5.41) is 9.13. The molecule has 1 heterocycles. The summed E-state index contributed by atoms with van der Waals surface area (Å²) in [6, 6.07) is 8.51. The van der Waals surface area contributed by atoms with Crippen LogP contribution in [0.3, 0.4) is 0 Å². The monoisotopic (exact) mass is 339 g/mol. The van der Waals surface area contributed by atoms with E-state index in [1.165, 1.54) is 12.8 Å². The molecule has 0 unspecified atom stereocenters. The SMILES string of the molecule is Brc1cccc(OCCSc2nncn2C2CC2)c1. The molecule has 1 saturated carbocycles. The van der Waals surface area contributed by atoms with Gasteiger partial charge in [0.15, 0.2) is 5.16 Å². The standard InChI is InChI=1S/C13H14BrN3OS/c14-10-2-1-3-12(8-10)18-6-7-19-13-16-15-9-17(13)11-4-5-11/h1-3,8-9,11H,4-7H2. The van der Waals surface area contributed by atoms with Gasteiger partial charge in [0.05, 0.1) is 6.61 Å². The quantitative estimate of drug-likeness (QED) is 0.596. The minimum atomic E-state index is 0.628. The van der Waals surface area contributed by atoms with E-state index in [0.717, 1.165) is 21.1 Å². The maximum atomic E-state index is 5.69. The lowest BCUT2D eigenvalue weighted by atomic mass is 10.3. The lowest BCUT2D eigenvalue weighted by molar-refractivity contribution is 0.343. The minimum absolute atomic E-state index is 0.628. The summed E-state index contributed by atoms with van der Waals surface area (Å²) in [5.41, 5.74) is 0.